The van der Waals surface area contributed by atoms with Crippen LogP contribution in [0.5, 0.6) is 0 Å². The number of alkyl halides is 3. The summed E-state index contributed by atoms with van der Waals surface area (Å²) in [6.07, 6.45) is -2.36. The average molecular weight is 292 g/mol. The summed E-state index contributed by atoms with van der Waals surface area (Å²) in [4.78, 5) is 3.96. The molecule has 5 heteroatoms. The number of hydrogen-bond donors (Lipinski definition) is 0. The maximum Gasteiger partial charge on any atom is 0.416 e. The zero-order valence-electron chi connectivity index (χ0n) is 11.8. The van der Waals surface area contributed by atoms with Crippen molar-refractivity contribution >= 4 is 5.71 Å². The van der Waals surface area contributed by atoms with Gasteiger partial charge in [-0.3, -0.25) is 4.99 Å². The molecule has 110 valence electrons. The first kappa shape index (κ1) is 16.7. The SMILES string of the molecule is CC/C=C(/C=C(/C#N)C(=NC)c1ccccc1)C(F)(F)F. The van der Waals surface area contributed by atoms with Gasteiger partial charge in [0.25, 0.3) is 0 Å². The molecule has 0 fully saturated rings. The van der Waals surface area contributed by atoms with E-state index in [1.807, 2.05) is 0 Å². The lowest BCUT2D eigenvalue weighted by molar-refractivity contribution is -0.0884. The average Bonchev–Trinajstić information content (AvgIpc) is 2.46. The van der Waals surface area contributed by atoms with Crippen LogP contribution in [0.15, 0.2) is 58.6 Å². The van der Waals surface area contributed by atoms with Crippen molar-refractivity contribution in [1.29, 1.82) is 5.26 Å². The quantitative estimate of drug-likeness (QED) is 0.458. The molecule has 0 saturated heterocycles. The van der Waals surface area contributed by atoms with Gasteiger partial charge in [-0.25, -0.2) is 0 Å². The summed E-state index contributed by atoms with van der Waals surface area (Å²) >= 11 is 0. The van der Waals surface area contributed by atoms with Crippen molar-refractivity contribution in [2.45, 2.75) is 19.5 Å². The number of halogens is 3. The van der Waals surface area contributed by atoms with Gasteiger partial charge >= 0.3 is 6.18 Å². The van der Waals surface area contributed by atoms with Gasteiger partial charge in [0.15, 0.2) is 0 Å². The highest BCUT2D eigenvalue weighted by molar-refractivity contribution is 6.15. The van der Waals surface area contributed by atoms with Crippen LogP contribution in [0.3, 0.4) is 0 Å². The van der Waals surface area contributed by atoms with Gasteiger partial charge < -0.3 is 0 Å². The van der Waals surface area contributed by atoms with E-state index in [0.717, 1.165) is 12.2 Å². The van der Waals surface area contributed by atoms with Gasteiger partial charge in [-0.05, 0) is 12.5 Å². The third kappa shape index (κ3) is 4.60. The summed E-state index contributed by atoms with van der Waals surface area (Å²) in [6.45, 7) is 1.61. The molecule has 0 aliphatic carbocycles. The summed E-state index contributed by atoms with van der Waals surface area (Å²) < 4.78 is 38.7. The van der Waals surface area contributed by atoms with Crippen LogP contribution in [0.4, 0.5) is 13.2 Å². The second kappa shape index (κ2) is 7.44. The lowest BCUT2D eigenvalue weighted by Crippen LogP contribution is -2.12. The van der Waals surface area contributed by atoms with Gasteiger partial charge in [0.05, 0.1) is 16.9 Å². The Balaban J connectivity index is 3.32. The molecule has 0 aliphatic rings. The minimum Gasteiger partial charge on any atom is -0.287 e. The Labute approximate surface area is 121 Å². The molecule has 0 aromatic heterocycles. The monoisotopic (exact) mass is 292 g/mol. The molecule has 0 bridgehead atoms. The molecule has 1 aromatic rings. The summed E-state index contributed by atoms with van der Waals surface area (Å²) in [5, 5.41) is 9.18. The fourth-order valence-electron chi connectivity index (χ4n) is 1.79. The number of aliphatic imine (C=N–C) groups is 1. The van der Waals surface area contributed by atoms with Crippen LogP contribution in [0, 0.1) is 11.3 Å². The maximum atomic E-state index is 12.9. The van der Waals surface area contributed by atoms with E-state index >= 15 is 0 Å². The summed E-state index contributed by atoms with van der Waals surface area (Å²) in [6, 6.07) is 10.5. The third-order valence-corrected chi connectivity index (χ3v) is 2.70. The molecule has 0 spiro atoms. The summed E-state index contributed by atoms with van der Waals surface area (Å²) in [5.41, 5.74) is -0.102. The van der Waals surface area contributed by atoms with E-state index in [-0.39, 0.29) is 17.7 Å². The first-order valence-electron chi connectivity index (χ1n) is 6.35. The molecular weight excluding hydrogens is 277 g/mol. The fourth-order valence-corrected chi connectivity index (χ4v) is 1.79. The molecule has 0 aliphatic heterocycles. The van der Waals surface area contributed by atoms with Crippen molar-refractivity contribution in [2.24, 2.45) is 4.99 Å². The van der Waals surface area contributed by atoms with Crippen molar-refractivity contribution in [1.82, 2.24) is 0 Å². The van der Waals surface area contributed by atoms with Crippen molar-refractivity contribution in [3.63, 3.8) is 0 Å². The molecule has 2 nitrogen and oxygen atoms in total. The van der Waals surface area contributed by atoms with Gasteiger partial charge in [-0.1, -0.05) is 43.3 Å². The molecule has 0 N–H and O–H groups in total. The predicted molar refractivity (Wildman–Crippen MR) is 77.0 cm³/mol. The molecule has 0 heterocycles. The number of hydrogen-bond acceptors (Lipinski definition) is 2. The zero-order valence-corrected chi connectivity index (χ0v) is 11.8. The van der Waals surface area contributed by atoms with Crippen LogP contribution in [0.2, 0.25) is 0 Å². The molecule has 0 unspecified atom stereocenters. The molecule has 0 amide bonds. The molecule has 1 aromatic carbocycles. The second-order valence-corrected chi connectivity index (χ2v) is 4.17. The van der Waals surface area contributed by atoms with E-state index < -0.39 is 11.7 Å². The molecule has 1 rings (SSSR count). The van der Waals surface area contributed by atoms with Crippen molar-refractivity contribution < 1.29 is 13.2 Å². The highest BCUT2D eigenvalue weighted by Crippen LogP contribution is 2.28. The predicted octanol–water partition coefficient (Wildman–Crippen LogP) is 4.45. The number of allylic oxidation sites excluding steroid dienone is 4. The first-order valence-corrected chi connectivity index (χ1v) is 6.35. The lowest BCUT2D eigenvalue weighted by Gasteiger charge is -2.10. The number of nitriles is 1. The minimum atomic E-state index is -4.49. The van der Waals surface area contributed by atoms with E-state index in [1.165, 1.54) is 7.05 Å². The van der Waals surface area contributed by atoms with E-state index in [0.29, 0.717) is 5.56 Å². The molecule has 0 atom stereocenters. The van der Waals surface area contributed by atoms with Gasteiger partial charge in [0.2, 0.25) is 0 Å². The molecular formula is C16H15F3N2. The Kier molecular flexibility index (Phi) is 5.92. The molecule has 0 radical (unpaired) electrons. The standard InChI is InChI=1S/C16H15F3N2/c1-3-7-14(16(17,18)19)10-13(11-20)15(21-2)12-8-5-4-6-9-12/h4-10H,3H2,1-2H3/b13-10-,14-7-,21-15?. The van der Waals surface area contributed by atoms with E-state index in [1.54, 1.807) is 43.3 Å². The van der Waals surface area contributed by atoms with Gasteiger partial charge in [-0.2, -0.15) is 18.4 Å². The number of nitrogens with zero attached hydrogens (tertiary/aromatic N) is 2. The van der Waals surface area contributed by atoms with Crippen LogP contribution < -0.4 is 0 Å². The van der Waals surface area contributed by atoms with Crippen LogP contribution in [-0.2, 0) is 0 Å². The van der Waals surface area contributed by atoms with Crippen LogP contribution in [-0.4, -0.2) is 18.9 Å². The van der Waals surface area contributed by atoms with Crippen LogP contribution >= 0.6 is 0 Å². The Morgan fingerprint density at radius 2 is 1.90 bits per heavy atom. The van der Waals surface area contributed by atoms with Crippen LogP contribution in [0.1, 0.15) is 18.9 Å². The normalized spacial score (nSPS) is 14.0. The van der Waals surface area contributed by atoms with Crippen molar-refractivity contribution in [3.8, 4) is 6.07 Å². The maximum absolute atomic E-state index is 12.9. The Morgan fingerprint density at radius 3 is 2.33 bits per heavy atom. The van der Waals surface area contributed by atoms with Crippen LogP contribution in [0.25, 0.3) is 0 Å². The summed E-state index contributed by atoms with van der Waals surface area (Å²) in [7, 11) is 1.45. The topological polar surface area (TPSA) is 36.1 Å². The lowest BCUT2D eigenvalue weighted by atomic mass is 10.0. The largest absolute Gasteiger partial charge is 0.416 e. The smallest absolute Gasteiger partial charge is 0.287 e. The zero-order chi connectivity index (χ0) is 15.9. The Hall–Kier alpha value is -2.35. The van der Waals surface area contributed by atoms with E-state index in [4.69, 9.17) is 0 Å². The Morgan fingerprint density at radius 1 is 1.29 bits per heavy atom. The van der Waals surface area contributed by atoms with E-state index in [2.05, 4.69) is 4.99 Å². The number of benzene rings is 1. The highest BCUT2D eigenvalue weighted by atomic mass is 19.4. The molecule has 21 heavy (non-hydrogen) atoms. The van der Waals surface area contributed by atoms with Gasteiger partial charge in [0.1, 0.15) is 6.07 Å². The molecule has 0 saturated carbocycles. The second-order valence-electron chi connectivity index (χ2n) is 4.17. The number of rotatable bonds is 4. The first-order chi connectivity index (χ1) is 9.93. The van der Waals surface area contributed by atoms with Gasteiger partial charge in [0, 0.05) is 12.6 Å². The fraction of sp³-hybridized carbons (Fsp3) is 0.250. The summed E-state index contributed by atoms with van der Waals surface area (Å²) in [5.74, 6) is 0. The highest BCUT2D eigenvalue weighted by Gasteiger charge is 2.32. The third-order valence-electron chi connectivity index (χ3n) is 2.70. The van der Waals surface area contributed by atoms with Crippen molar-refractivity contribution in [3.05, 3.63) is 59.2 Å². The van der Waals surface area contributed by atoms with Gasteiger partial charge in [-0.15, -0.1) is 0 Å². The van der Waals surface area contributed by atoms with Crippen molar-refractivity contribution in [2.75, 3.05) is 7.05 Å². The Bertz CT molecular complexity index is 603. The van der Waals surface area contributed by atoms with E-state index in [9.17, 15) is 18.4 Å². The minimum absolute atomic E-state index is 0.110.